The van der Waals surface area contributed by atoms with Crippen molar-refractivity contribution in [2.24, 2.45) is 4.99 Å². The Labute approximate surface area is 193 Å². The molecule has 0 heterocycles. The molecule has 0 aliphatic heterocycles. The van der Waals surface area contributed by atoms with Gasteiger partial charge in [-0.1, -0.05) is 60.3 Å². The van der Waals surface area contributed by atoms with Crippen molar-refractivity contribution in [3.63, 3.8) is 0 Å². The van der Waals surface area contributed by atoms with Crippen LogP contribution in [-0.4, -0.2) is 12.4 Å². The van der Waals surface area contributed by atoms with E-state index in [-0.39, 0.29) is 18.4 Å². The van der Waals surface area contributed by atoms with Crippen LogP contribution >= 0.6 is 15.9 Å². The van der Waals surface area contributed by atoms with E-state index in [1.54, 1.807) is 31.2 Å². The molecule has 0 spiro atoms. The molecular formula is C25H29BrF3NO. The Bertz CT molecular complexity index is 996. The molecule has 2 aromatic rings. The van der Waals surface area contributed by atoms with Crippen LogP contribution in [0.25, 0.3) is 0 Å². The third-order valence-corrected chi connectivity index (χ3v) is 6.34. The molecule has 1 aliphatic rings. The van der Waals surface area contributed by atoms with Crippen LogP contribution in [0.2, 0.25) is 0 Å². The second kappa shape index (κ2) is 10.7. The number of alkyl halides is 4. The zero-order valence-electron chi connectivity index (χ0n) is 19.9. The minimum Gasteiger partial charge on any atom is -0.471 e. The molecule has 0 unspecified atom stereocenters. The first kappa shape index (κ1) is 21.0. The van der Waals surface area contributed by atoms with E-state index in [1.165, 1.54) is 0 Å². The third kappa shape index (κ3) is 6.12. The molecule has 1 fully saturated rings. The van der Waals surface area contributed by atoms with Gasteiger partial charge in [0.25, 0.3) is 0 Å². The highest BCUT2D eigenvalue weighted by Crippen LogP contribution is 2.42. The molecule has 0 aromatic heterocycles. The van der Waals surface area contributed by atoms with Gasteiger partial charge in [-0.25, -0.2) is 0 Å². The van der Waals surface area contributed by atoms with Crippen LogP contribution in [0.3, 0.4) is 0 Å². The Hall–Kier alpha value is -1.82. The number of aryl methyl sites for hydroxylation is 1. The lowest BCUT2D eigenvalue weighted by Crippen LogP contribution is -2.14. The van der Waals surface area contributed by atoms with Crippen LogP contribution < -0.4 is 4.74 Å². The molecule has 0 radical (unpaired) electrons. The SMILES string of the molecule is [2H]C([2H])(Br)c1ccc(C(C)=NCOc2ccc(C3CCCCC3)c(C(F)(F)F)c2)cc1CC. The molecule has 0 bridgehead atoms. The quantitative estimate of drug-likeness (QED) is 0.280. The molecular weight excluding hydrogens is 467 g/mol. The molecule has 2 aromatic carbocycles. The summed E-state index contributed by atoms with van der Waals surface area (Å²) >= 11 is 3.06. The maximum absolute atomic E-state index is 13.7. The second-order valence-electron chi connectivity index (χ2n) is 7.92. The Kier molecular flexibility index (Phi) is 7.24. The van der Waals surface area contributed by atoms with E-state index in [0.717, 1.165) is 49.3 Å². The molecule has 0 N–H and O–H groups in total. The number of hydrogen-bond donors (Lipinski definition) is 0. The number of benzene rings is 2. The fourth-order valence-electron chi connectivity index (χ4n) is 4.14. The lowest BCUT2D eigenvalue weighted by molar-refractivity contribution is -0.138. The molecule has 0 saturated heterocycles. The highest BCUT2D eigenvalue weighted by molar-refractivity contribution is 9.08. The van der Waals surface area contributed by atoms with Crippen molar-refractivity contribution in [3.8, 4) is 5.75 Å². The van der Waals surface area contributed by atoms with Gasteiger partial charge in [0, 0.05) is 13.7 Å². The zero-order chi connectivity index (χ0) is 24.2. The number of aliphatic imine (C=N–C) groups is 1. The van der Waals surface area contributed by atoms with Gasteiger partial charge >= 0.3 is 6.18 Å². The molecule has 1 aliphatic carbocycles. The van der Waals surface area contributed by atoms with Gasteiger partial charge in [0.2, 0.25) is 0 Å². The summed E-state index contributed by atoms with van der Waals surface area (Å²) in [6.45, 7) is 3.65. The lowest BCUT2D eigenvalue weighted by atomic mass is 9.82. The Morgan fingerprint density at radius 1 is 1.13 bits per heavy atom. The van der Waals surface area contributed by atoms with Crippen LogP contribution in [0.5, 0.6) is 5.75 Å². The van der Waals surface area contributed by atoms with Crippen molar-refractivity contribution in [3.05, 3.63) is 64.2 Å². The summed E-state index contributed by atoms with van der Waals surface area (Å²) in [6, 6.07) is 9.65. The lowest BCUT2D eigenvalue weighted by Gasteiger charge is -2.25. The number of rotatable bonds is 7. The molecule has 6 heteroatoms. The van der Waals surface area contributed by atoms with Crippen LogP contribution in [0.15, 0.2) is 41.4 Å². The summed E-state index contributed by atoms with van der Waals surface area (Å²) < 4.78 is 62.5. The number of ether oxygens (including phenoxy) is 1. The zero-order valence-corrected chi connectivity index (χ0v) is 19.4. The van der Waals surface area contributed by atoms with Crippen molar-refractivity contribution in [2.45, 2.75) is 69.7 Å². The highest BCUT2D eigenvalue weighted by Gasteiger charge is 2.36. The van der Waals surface area contributed by atoms with E-state index in [9.17, 15) is 13.2 Å². The van der Waals surface area contributed by atoms with Gasteiger partial charge < -0.3 is 4.74 Å². The van der Waals surface area contributed by atoms with Gasteiger partial charge in [0.15, 0.2) is 6.73 Å². The first-order chi connectivity index (χ1) is 15.5. The maximum Gasteiger partial charge on any atom is 0.416 e. The van der Waals surface area contributed by atoms with Gasteiger partial charge in [-0.15, -0.1) is 0 Å². The minimum absolute atomic E-state index is 0.0499. The van der Waals surface area contributed by atoms with E-state index in [0.29, 0.717) is 23.3 Å². The number of halogens is 4. The fraction of sp³-hybridized carbons (Fsp3) is 0.480. The van der Waals surface area contributed by atoms with Crippen molar-refractivity contribution in [1.82, 2.24) is 0 Å². The standard InChI is InChI=1S/C25H29BrF3NO/c1-3-18-13-20(9-10-21(18)15-26)17(2)30-16-31-22-11-12-23(19-7-5-4-6-8-19)24(14-22)25(27,28)29/h9-14,19H,3-8,15-16H2,1-2H3/i15D2. The number of nitrogens with zero attached hydrogens (tertiary/aromatic N) is 1. The van der Waals surface area contributed by atoms with E-state index >= 15 is 0 Å². The maximum atomic E-state index is 13.7. The van der Waals surface area contributed by atoms with Gasteiger partial charge in [-0.05, 0) is 72.6 Å². The van der Waals surface area contributed by atoms with Gasteiger partial charge in [-0.3, -0.25) is 4.99 Å². The van der Waals surface area contributed by atoms with Gasteiger partial charge in [-0.2, -0.15) is 13.2 Å². The Morgan fingerprint density at radius 3 is 2.52 bits per heavy atom. The predicted molar refractivity (Wildman–Crippen MR) is 123 cm³/mol. The smallest absolute Gasteiger partial charge is 0.416 e. The number of hydrogen-bond acceptors (Lipinski definition) is 2. The summed E-state index contributed by atoms with van der Waals surface area (Å²) in [5.74, 6) is 0.0987. The molecule has 3 rings (SSSR count). The van der Waals surface area contributed by atoms with E-state index in [4.69, 9.17) is 7.48 Å². The molecule has 0 amide bonds. The van der Waals surface area contributed by atoms with Crippen LogP contribution in [-0.2, 0) is 17.9 Å². The second-order valence-corrected chi connectivity index (χ2v) is 8.32. The highest BCUT2D eigenvalue weighted by atomic mass is 79.9. The molecule has 168 valence electrons. The van der Waals surface area contributed by atoms with Crippen molar-refractivity contribution in [1.29, 1.82) is 0 Å². The topological polar surface area (TPSA) is 21.6 Å². The predicted octanol–water partition coefficient (Wildman–Crippen LogP) is 8.06. The Morgan fingerprint density at radius 2 is 1.87 bits per heavy atom. The summed E-state index contributed by atoms with van der Waals surface area (Å²) in [6.07, 6.45) is 0.839. The van der Waals surface area contributed by atoms with E-state index in [1.807, 2.05) is 13.0 Å². The molecule has 2 nitrogen and oxygen atoms in total. The molecule has 31 heavy (non-hydrogen) atoms. The fourth-order valence-corrected chi connectivity index (χ4v) is 4.53. The van der Waals surface area contributed by atoms with Gasteiger partial charge in [0.05, 0.1) is 5.56 Å². The molecule has 0 atom stereocenters. The average molecular weight is 498 g/mol. The van der Waals surface area contributed by atoms with Gasteiger partial charge in [0.1, 0.15) is 5.75 Å². The third-order valence-electron chi connectivity index (χ3n) is 5.91. The summed E-state index contributed by atoms with van der Waals surface area (Å²) in [4.78, 5) is 4.37. The summed E-state index contributed by atoms with van der Waals surface area (Å²) in [7, 11) is 0. The van der Waals surface area contributed by atoms with Crippen LogP contribution in [0.1, 0.15) is 82.4 Å². The van der Waals surface area contributed by atoms with E-state index in [2.05, 4.69) is 20.9 Å². The summed E-state index contributed by atoms with van der Waals surface area (Å²) in [5, 5.41) is -1.62. The van der Waals surface area contributed by atoms with Crippen molar-refractivity contribution >= 4 is 21.6 Å². The minimum atomic E-state index is -4.43. The molecule has 1 saturated carbocycles. The van der Waals surface area contributed by atoms with Crippen LogP contribution in [0, 0.1) is 0 Å². The van der Waals surface area contributed by atoms with E-state index < -0.39 is 17.0 Å². The monoisotopic (exact) mass is 497 g/mol. The first-order valence-corrected chi connectivity index (χ1v) is 11.5. The Balaban J connectivity index is 1.75. The summed E-state index contributed by atoms with van der Waals surface area (Å²) in [5.41, 5.74) is 2.67. The first-order valence-electron chi connectivity index (χ1n) is 11.7. The normalized spacial score (nSPS) is 17.3. The van der Waals surface area contributed by atoms with Crippen LogP contribution in [0.4, 0.5) is 13.2 Å². The average Bonchev–Trinajstić information content (AvgIpc) is 2.78. The largest absolute Gasteiger partial charge is 0.471 e. The van der Waals surface area contributed by atoms with Crippen molar-refractivity contribution < 1.29 is 20.6 Å². The van der Waals surface area contributed by atoms with Crippen molar-refractivity contribution in [2.75, 3.05) is 6.73 Å².